The minimum Gasteiger partial charge on any atom is -0.391 e. The number of nitrogens with zero attached hydrogens (tertiary/aromatic N) is 2. The first-order valence-electron chi connectivity index (χ1n) is 8.80. The number of aromatic nitrogens is 2. The van der Waals surface area contributed by atoms with Gasteiger partial charge in [-0.05, 0) is 48.8 Å². The zero-order chi connectivity index (χ0) is 17.6. The number of piperidine rings is 1. The summed E-state index contributed by atoms with van der Waals surface area (Å²) >= 11 is 0. The van der Waals surface area contributed by atoms with E-state index < -0.39 is 6.10 Å². The van der Waals surface area contributed by atoms with Crippen LogP contribution in [0.3, 0.4) is 0 Å². The number of hydrogen-bond acceptors (Lipinski definition) is 3. The molecule has 1 aliphatic rings. The van der Waals surface area contributed by atoms with Gasteiger partial charge < -0.3 is 10.0 Å². The summed E-state index contributed by atoms with van der Waals surface area (Å²) in [6.07, 6.45) is 6.25. The lowest BCUT2D eigenvalue weighted by Crippen LogP contribution is -2.47. The van der Waals surface area contributed by atoms with Crippen LogP contribution in [0.2, 0.25) is 0 Å². The molecule has 1 aromatic heterocycles. The third kappa shape index (κ3) is 4.66. The largest absolute Gasteiger partial charge is 0.391 e. The van der Waals surface area contributed by atoms with Gasteiger partial charge in [-0.1, -0.05) is 18.2 Å². The van der Waals surface area contributed by atoms with Gasteiger partial charge >= 0.3 is 0 Å². The fourth-order valence-electron chi connectivity index (χ4n) is 3.41. The molecule has 1 saturated heterocycles. The number of halogens is 1. The Bertz CT molecular complexity index is 690. The number of amides is 1. The van der Waals surface area contributed by atoms with Gasteiger partial charge in [0.05, 0.1) is 12.3 Å². The van der Waals surface area contributed by atoms with Crippen LogP contribution in [0.1, 0.15) is 30.4 Å². The number of rotatable bonds is 6. The topological polar surface area (TPSA) is 69.2 Å². The molecule has 1 fully saturated rings. The molecule has 1 aliphatic heterocycles. The van der Waals surface area contributed by atoms with Crippen molar-refractivity contribution in [2.75, 3.05) is 13.1 Å². The van der Waals surface area contributed by atoms with Crippen LogP contribution in [-0.2, 0) is 17.6 Å². The van der Waals surface area contributed by atoms with Crippen molar-refractivity contribution in [1.29, 1.82) is 0 Å². The van der Waals surface area contributed by atoms with Gasteiger partial charge in [-0.25, -0.2) is 4.39 Å². The number of carbonyl (C=O) groups excluding carboxylic acids is 1. The molecular weight excluding hydrogens is 321 g/mol. The minimum atomic E-state index is -0.605. The number of hydrogen-bond donors (Lipinski definition) is 2. The SMILES string of the molecule is O=C(CCCc1cn[nH]c1)N1CC[C@H](Cc2ccccc2F)[C@@H](O)C1. The maximum absolute atomic E-state index is 13.8. The highest BCUT2D eigenvalue weighted by Gasteiger charge is 2.30. The Morgan fingerprint density at radius 3 is 2.96 bits per heavy atom. The maximum atomic E-state index is 13.8. The van der Waals surface area contributed by atoms with Crippen LogP contribution >= 0.6 is 0 Å². The molecule has 1 aromatic carbocycles. The van der Waals surface area contributed by atoms with E-state index in [-0.39, 0.29) is 17.6 Å². The standard InChI is InChI=1S/C19H24FN3O2/c20-17-6-2-1-5-15(17)10-16-8-9-23(13-18(16)24)19(25)7-3-4-14-11-21-22-12-14/h1-2,5-6,11-12,16,18,24H,3-4,7-10,13H2,(H,21,22)/t16-,18+/m1/s1. The van der Waals surface area contributed by atoms with E-state index in [0.29, 0.717) is 37.9 Å². The smallest absolute Gasteiger partial charge is 0.222 e. The number of aromatic amines is 1. The zero-order valence-corrected chi connectivity index (χ0v) is 14.2. The van der Waals surface area contributed by atoms with Gasteiger partial charge in [-0.2, -0.15) is 5.10 Å². The number of aryl methyl sites for hydroxylation is 1. The second kappa shape index (κ2) is 8.25. The van der Waals surface area contributed by atoms with Crippen molar-refractivity contribution in [3.05, 3.63) is 53.6 Å². The number of benzene rings is 1. The quantitative estimate of drug-likeness (QED) is 0.844. The predicted octanol–water partition coefficient (Wildman–Crippen LogP) is 2.32. The van der Waals surface area contributed by atoms with E-state index in [2.05, 4.69) is 10.2 Å². The molecule has 5 nitrogen and oxygen atoms in total. The molecule has 0 saturated carbocycles. The second-order valence-electron chi connectivity index (χ2n) is 6.71. The lowest BCUT2D eigenvalue weighted by molar-refractivity contribution is -0.135. The Hall–Kier alpha value is -2.21. The molecule has 2 heterocycles. The molecule has 2 atom stereocenters. The molecule has 0 spiro atoms. The maximum Gasteiger partial charge on any atom is 0.222 e. The van der Waals surface area contributed by atoms with Crippen LogP contribution < -0.4 is 0 Å². The predicted molar refractivity (Wildman–Crippen MR) is 92.3 cm³/mol. The first kappa shape index (κ1) is 17.6. The normalized spacial score (nSPS) is 20.6. The highest BCUT2D eigenvalue weighted by Crippen LogP contribution is 2.24. The van der Waals surface area contributed by atoms with E-state index in [1.165, 1.54) is 6.07 Å². The van der Waals surface area contributed by atoms with Crippen molar-refractivity contribution in [3.63, 3.8) is 0 Å². The first-order valence-corrected chi connectivity index (χ1v) is 8.80. The van der Waals surface area contributed by atoms with Gasteiger partial charge in [0.2, 0.25) is 5.91 Å². The molecule has 2 aromatic rings. The molecule has 134 valence electrons. The molecule has 6 heteroatoms. The fraction of sp³-hybridized carbons (Fsp3) is 0.474. The molecule has 0 bridgehead atoms. The van der Waals surface area contributed by atoms with E-state index in [1.54, 1.807) is 23.2 Å². The third-order valence-corrected chi connectivity index (χ3v) is 4.92. The summed E-state index contributed by atoms with van der Waals surface area (Å²) < 4.78 is 13.8. The van der Waals surface area contributed by atoms with E-state index in [1.807, 2.05) is 12.3 Å². The Morgan fingerprint density at radius 1 is 1.40 bits per heavy atom. The van der Waals surface area contributed by atoms with Crippen molar-refractivity contribution in [2.24, 2.45) is 5.92 Å². The summed E-state index contributed by atoms with van der Waals surface area (Å²) in [6, 6.07) is 6.68. The molecule has 3 rings (SSSR count). The summed E-state index contributed by atoms with van der Waals surface area (Å²) in [5, 5.41) is 17.0. The summed E-state index contributed by atoms with van der Waals surface area (Å²) in [7, 11) is 0. The number of aliphatic hydroxyl groups excluding tert-OH is 1. The van der Waals surface area contributed by atoms with Crippen molar-refractivity contribution in [2.45, 2.75) is 38.2 Å². The van der Waals surface area contributed by atoms with Gasteiger partial charge in [-0.3, -0.25) is 9.89 Å². The van der Waals surface area contributed by atoms with E-state index in [4.69, 9.17) is 0 Å². The van der Waals surface area contributed by atoms with Gasteiger partial charge in [-0.15, -0.1) is 0 Å². The Morgan fingerprint density at radius 2 is 2.24 bits per heavy atom. The fourth-order valence-corrected chi connectivity index (χ4v) is 3.41. The van der Waals surface area contributed by atoms with E-state index in [0.717, 1.165) is 18.4 Å². The molecule has 0 aliphatic carbocycles. The highest BCUT2D eigenvalue weighted by molar-refractivity contribution is 5.76. The summed E-state index contributed by atoms with van der Waals surface area (Å²) in [5.41, 5.74) is 1.72. The number of nitrogens with one attached hydrogen (secondary N) is 1. The monoisotopic (exact) mass is 345 g/mol. The second-order valence-corrected chi connectivity index (χ2v) is 6.71. The number of β-amino-alcohol motifs (C(OH)–C–C–N with tert-alkyl or cyclic N) is 1. The third-order valence-electron chi connectivity index (χ3n) is 4.92. The Kier molecular flexibility index (Phi) is 5.81. The van der Waals surface area contributed by atoms with Gasteiger partial charge in [0.1, 0.15) is 5.82 Å². The van der Waals surface area contributed by atoms with Gasteiger partial charge in [0.15, 0.2) is 0 Å². The molecule has 0 radical (unpaired) electrons. The number of H-pyrrole nitrogens is 1. The molecule has 0 unspecified atom stereocenters. The molecule has 2 N–H and O–H groups in total. The van der Waals surface area contributed by atoms with Gasteiger partial charge in [0.25, 0.3) is 0 Å². The van der Waals surface area contributed by atoms with Crippen molar-refractivity contribution in [1.82, 2.24) is 15.1 Å². The summed E-state index contributed by atoms with van der Waals surface area (Å²) in [6.45, 7) is 0.963. The van der Waals surface area contributed by atoms with E-state index >= 15 is 0 Å². The zero-order valence-electron chi connectivity index (χ0n) is 14.2. The average Bonchev–Trinajstić information content (AvgIpc) is 3.12. The van der Waals surface area contributed by atoms with Gasteiger partial charge in [0, 0.05) is 25.7 Å². The Balaban J connectivity index is 1.46. The molecule has 25 heavy (non-hydrogen) atoms. The lowest BCUT2D eigenvalue weighted by Gasteiger charge is -2.36. The van der Waals surface area contributed by atoms with Crippen molar-refractivity contribution >= 4 is 5.91 Å². The van der Waals surface area contributed by atoms with Crippen molar-refractivity contribution < 1.29 is 14.3 Å². The van der Waals surface area contributed by atoms with Crippen LogP contribution in [-0.4, -0.2) is 45.3 Å². The van der Waals surface area contributed by atoms with Crippen LogP contribution in [0.15, 0.2) is 36.7 Å². The minimum absolute atomic E-state index is 0.00752. The van der Waals surface area contributed by atoms with Crippen LogP contribution in [0.5, 0.6) is 0 Å². The Labute approximate surface area is 146 Å². The average molecular weight is 345 g/mol. The van der Waals surface area contributed by atoms with Crippen LogP contribution in [0, 0.1) is 11.7 Å². The first-order chi connectivity index (χ1) is 12.1. The van der Waals surface area contributed by atoms with E-state index in [9.17, 15) is 14.3 Å². The molecular formula is C19H24FN3O2. The summed E-state index contributed by atoms with van der Waals surface area (Å²) in [4.78, 5) is 14.1. The summed E-state index contributed by atoms with van der Waals surface area (Å²) in [5.74, 6) is -0.161. The van der Waals surface area contributed by atoms with Crippen molar-refractivity contribution in [3.8, 4) is 0 Å². The molecule has 1 amide bonds. The number of carbonyl (C=O) groups is 1. The number of likely N-dealkylation sites (tertiary alicyclic amines) is 1. The lowest BCUT2D eigenvalue weighted by atomic mass is 9.87. The number of aliphatic hydroxyl groups is 1. The van der Waals surface area contributed by atoms with Crippen LogP contribution in [0.4, 0.5) is 4.39 Å². The van der Waals surface area contributed by atoms with Crippen LogP contribution in [0.25, 0.3) is 0 Å². The highest BCUT2D eigenvalue weighted by atomic mass is 19.1.